The van der Waals surface area contributed by atoms with Gasteiger partial charge in [0.2, 0.25) is 5.16 Å². The third-order valence-electron chi connectivity index (χ3n) is 4.41. The maximum absolute atomic E-state index is 4.75. The fourth-order valence-electron chi connectivity index (χ4n) is 3.20. The molecule has 8 heteroatoms. The summed E-state index contributed by atoms with van der Waals surface area (Å²) >= 11 is 1.50. The van der Waals surface area contributed by atoms with E-state index in [9.17, 15) is 0 Å². The molecule has 0 unspecified atom stereocenters. The maximum atomic E-state index is 4.75. The molecule has 5 aromatic rings. The Kier molecular flexibility index (Phi) is 3.56. The number of para-hydroxylation sites is 2. The second-order valence-corrected chi connectivity index (χ2v) is 6.79. The lowest BCUT2D eigenvalue weighted by Crippen LogP contribution is -2.01. The minimum Gasteiger partial charge on any atom is -0.324 e. The number of rotatable bonds is 4. The summed E-state index contributed by atoms with van der Waals surface area (Å²) in [6.07, 6.45) is 0. The molecule has 0 radical (unpaired) electrons. The van der Waals surface area contributed by atoms with Gasteiger partial charge in [-0.05, 0) is 25.1 Å². The highest BCUT2D eigenvalue weighted by Crippen LogP contribution is 2.27. The highest BCUT2D eigenvalue weighted by atomic mass is 32.2. The van der Waals surface area contributed by atoms with Gasteiger partial charge in [-0.3, -0.25) is 0 Å². The summed E-state index contributed by atoms with van der Waals surface area (Å²) < 4.78 is 4.02. The Balaban J connectivity index is 1.52. The van der Waals surface area contributed by atoms with E-state index in [1.54, 1.807) is 0 Å². The van der Waals surface area contributed by atoms with E-state index in [1.165, 1.54) is 11.8 Å². The lowest BCUT2D eigenvalue weighted by atomic mass is 10.2. The van der Waals surface area contributed by atoms with Gasteiger partial charge in [-0.1, -0.05) is 47.3 Å². The van der Waals surface area contributed by atoms with Gasteiger partial charge in [-0.25, -0.2) is 9.67 Å². The van der Waals surface area contributed by atoms with Gasteiger partial charge in [0.15, 0.2) is 5.65 Å². The zero-order valence-corrected chi connectivity index (χ0v) is 14.9. The van der Waals surface area contributed by atoms with Crippen LogP contribution in [0.2, 0.25) is 0 Å². The minimum atomic E-state index is 0.583. The van der Waals surface area contributed by atoms with Crippen molar-refractivity contribution in [2.75, 3.05) is 0 Å². The molecule has 0 aliphatic heterocycles. The first-order valence-corrected chi connectivity index (χ1v) is 9.36. The zero-order chi connectivity index (χ0) is 17.5. The van der Waals surface area contributed by atoms with Gasteiger partial charge >= 0.3 is 0 Å². The van der Waals surface area contributed by atoms with Crippen molar-refractivity contribution in [1.82, 2.24) is 34.7 Å². The van der Waals surface area contributed by atoms with Crippen molar-refractivity contribution in [2.24, 2.45) is 0 Å². The van der Waals surface area contributed by atoms with Crippen LogP contribution in [-0.4, -0.2) is 34.7 Å². The van der Waals surface area contributed by atoms with Crippen molar-refractivity contribution in [2.45, 2.75) is 24.5 Å². The second-order valence-electron chi connectivity index (χ2n) is 5.88. The predicted molar refractivity (Wildman–Crippen MR) is 102 cm³/mol. The van der Waals surface area contributed by atoms with Crippen molar-refractivity contribution in [3.05, 3.63) is 48.5 Å². The van der Waals surface area contributed by atoms with E-state index in [0.717, 1.165) is 39.6 Å². The maximum Gasteiger partial charge on any atom is 0.212 e. The van der Waals surface area contributed by atoms with E-state index in [0.29, 0.717) is 11.0 Å². The Morgan fingerprint density at radius 2 is 1.73 bits per heavy atom. The molecule has 0 fully saturated rings. The molecule has 3 aromatic heterocycles. The third-order valence-corrected chi connectivity index (χ3v) is 5.21. The highest BCUT2D eigenvalue weighted by molar-refractivity contribution is 7.98. The molecule has 0 aliphatic rings. The van der Waals surface area contributed by atoms with Crippen LogP contribution in [0.5, 0.6) is 0 Å². The SMILES string of the molecule is CCn1c2ccccc2c2nnc(SCn3nnc4ccccc43)nc21. The average molecular weight is 361 g/mol. The van der Waals surface area contributed by atoms with Gasteiger partial charge in [0, 0.05) is 11.9 Å². The Hall–Kier alpha value is -3.00. The number of nitrogens with zero attached hydrogens (tertiary/aromatic N) is 7. The molecular formula is C18H15N7S. The van der Waals surface area contributed by atoms with Gasteiger partial charge in [-0.2, -0.15) is 0 Å². The normalized spacial score (nSPS) is 11.7. The van der Waals surface area contributed by atoms with E-state index >= 15 is 0 Å². The molecule has 3 heterocycles. The lowest BCUT2D eigenvalue weighted by molar-refractivity contribution is 0.718. The van der Waals surface area contributed by atoms with Gasteiger partial charge in [0.25, 0.3) is 0 Å². The molecule has 5 rings (SSSR count). The Labute approximate surface area is 153 Å². The lowest BCUT2D eigenvalue weighted by Gasteiger charge is -2.03. The number of aryl methyl sites for hydroxylation is 1. The summed E-state index contributed by atoms with van der Waals surface area (Å²) in [5.41, 5.74) is 4.73. The molecule has 0 spiro atoms. The number of benzene rings is 2. The van der Waals surface area contributed by atoms with E-state index in [1.807, 2.05) is 41.1 Å². The number of thioether (sulfide) groups is 1. The first kappa shape index (κ1) is 15.3. The topological polar surface area (TPSA) is 74.3 Å². The summed E-state index contributed by atoms with van der Waals surface area (Å²) in [6, 6.07) is 16.1. The van der Waals surface area contributed by atoms with Gasteiger partial charge in [0.1, 0.15) is 11.0 Å². The minimum absolute atomic E-state index is 0.583. The predicted octanol–water partition coefficient (Wildman–Crippen LogP) is 3.49. The van der Waals surface area contributed by atoms with E-state index < -0.39 is 0 Å². The Morgan fingerprint density at radius 3 is 2.62 bits per heavy atom. The Bertz CT molecular complexity index is 1240. The van der Waals surface area contributed by atoms with Crippen LogP contribution in [0.3, 0.4) is 0 Å². The smallest absolute Gasteiger partial charge is 0.212 e. The summed E-state index contributed by atoms with van der Waals surface area (Å²) in [6.45, 7) is 2.95. The molecule has 128 valence electrons. The average Bonchev–Trinajstić information content (AvgIpc) is 3.24. The van der Waals surface area contributed by atoms with Crippen LogP contribution in [0.25, 0.3) is 33.1 Å². The Morgan fingerprint density at radius 1 is 0.923 bits per heavy atom. The van der Waals surface area contributed by atoms with Gasteiger partial charge < -0.3 is 4.57 Å². The molecule has 0 bridgehead atoms. The first-order valence-electron chi connectivity index (χ1n) is 8.38. The molecular weight excluding hydrogens is 346 g/mol. The highest BCUT2D eigenvalue weighted by Gasteiger charge is 2.14. The van der Waals surface area contributed by atoms with Crippen LogP contribution < -0.4 is 0 Å². The van der Waals surface area contributed by atoms with Gasteiger partial charge in [-0.15, -0.1) is 15.3 Å². The zero-order valence-electron chi connectivity index (χ0n) is 14.1. The largest absolute Gasteiger partial charge is 0.324 e. The van der Waals surface area contributed by atoms with Crippen LogP contribution in [-0.2, 0) is 12.4 Å². The molecule has 0 aliphatic carbocycles. The molecule has 0 amide bonds. The summed E-state index contributed by atoms with van der Waals surface area (Å²) in [5.74, 6) is 0.583. The van der Waals surface area contributed by atoms with E-state index in [-0.39, 0.29) is 0 Å². The molecule has 26 heavy (non-hydrogen) atoms. The molecule has 0 saturated carbocycles. The third kappa shape index (κ3) is 2.33. The number of fused-ring (bicyclic) bond motifs is 4. The first-order chi connectivity index (χ1) is 12.8. The molecule has 0 atom stereocenters. The summed E-state index contributed by atoms with van der Waals surface area (Å²) in [7, 11) is 0. The summed E-state index contributed by atoms with van der Waals surface area (Å²) in [5, 5.41) is 18.9. The molecule has 0 saturated heterocycles. The van der Waals surface area contributed by atoms with Crippen LogP contribution in [0.1, 0.15) is 6.92 Å². The van der Waals surface area contributed by atoms with Crippen molar-refractivity contribution >= 4 is 44.9 Å². The van der Waals surface area contributed by atoms with Crippen molar-refractivity contribution in [1.29, 1.82) is 0 Å². The van der Waals surface area contributed by atoms with Crippen molar-refractivity contribution in [3.8, 4) is 0 Å². The second kappa shape index (κ2) is 6.06. The fraction of sp³-hybridized carbons (Fsp3) is 0.167. The van der Waals surface area contributed by atoms with Crippen molar-refractivity contribution in [3.63, 3.8) is 0 Å². The van der Waals surface area contributed by atoms with Crippen LogP contribution in [0.15, 0.2) is 53.7 Å². The number of aromatic nitrogens is 7. The summed E-state index contributed by atoms with van der Waals surface area (Å²) in [4.78, 5) is 4.75. The van der Waals surface area contributed by atoms with Crippen LogP contribution in [0, 0.1) is 0 Å². The number of hydrogen-bond donors (Lipinski definition) is 0. The van der Waals surface area contributed by atoms with Crippen LogP contribution in [0.4, 0.5) is 0 Å². The van der Waals surface area contributed by atoms with Crippen molar-refractivity contribution < 1.29 is 0 Å². The van der Waals surface area contributed by atoms with Gasteiger partial charge in [0.05, 0.1) is 16.9 Å². The van der Waals surface area contributed by atoms with E-state index in [2.05, 4.69) is 44.1 Å². The fourth-order valence-corrected chi connectivity index (χ4v) is 3.88. The molecule has 7 nitrogen and oxygen atoms in total. The van der Waals surface area contributed by atoms with E-state index in [4.69, 9.17) is 4.98 Å². The molecule has 2 aromatic carbocycles. The number of hydrogen-bond acceptors (Lipinski definition) is 6. The monoisotopic (exact) mass is 361 g/mol. The van der Waals surface area contributed by atoms with Crippen LogP contribution >= 0.6 is 11.8 Å². The quantitative estimate of drug-likeness (QED) is 0.456. The molecule has 0 N–H and O–H groups in total. The standard InChI is InChI=1S/C18H15N7S/c1-2-24-14-9-5-3-7-12(14)16-17(24)19-18(22-21-16)26-11-25-15-10-6-4-8-13(15)20-23-25/h3-10H,2,11H2,1H3.